The van der Waals surface area contributed by atoms with E-state index < -0.39 is 11.9 Å². The van der Waals surface area contributed by atoms with E-state index in [0.29, 0.717) is 66.6 Å². The van der Waals surface area contributed by atoms with Crippen LogP contribution in [0, 0.1) is 5.82 Å². The number of hydrogen-bond donors (Lipinski definition) is 3. The summed E-state index contributed by atoms with van der Waals surface area (Å²) < 4.78 is 44.2. The molecular weight excluding hydrogens is 659 g/mol. The van der Waals surface area contributed by atoms with Crippen molar-refractivity contribution in [2.45, 2.75) is 75.0 Å². The number of aromatic nitrogens is 3. The SMILES string of the molecule is O=C1COc2ccc(CNC34CCC(CCc5c(F)cnc6ccc(OC[C@@H]7OC[C@@H]7NC(=O)OCc7ccccc7)nc56)(CC3)OC4)nc2N1. The number of carbonyl (C=O) groups is 2. The van der Waals surface area contributed by atoms with E-state index >= 15 is 4.39 Å². The van der Waals surface area contributed by atoms with E-state index in [4.69, 9.17) is 23.7 Å². The van der Waals surface area contributed by atoms with Crippen molar-refractivity contribution in [3.05, 3.63) is 83.4 Å². The topological polar surface area (TPSA) is 155 Å². The second-order valence-corrected chi connectivity index (χ2v) is 13.7. The van der Waals surface area contributed by atoms with Crippen LogP contribution in [0.25, 0.3) is 11.0 Å². The van der Waals surface area contributed by atoms with Crippen molar-refractivity contribution < 1.29 is 37.7 Å². The Morgan fingerprint density at radius 2 is 1.92 bits per heavy atom. The van der Waals surface area contributed by atoms with Gasteiger partial charge < -0.3 is 39.6 Å². The number of anilines is 1. The van der Waals surface area contributed by atoms with Crippen molar-refractivity contribution >= 4 is 28.9 Å². The molecule has 13 nitrogen and oxygen atoms in total. The summed E-state index contributed by atoms with van der Waals surface area (Å²) in [5.41, 5.74) is 2.73. The molecular formula is C37H39FN6O7. The molecule has 0 radical (unpaired) electrons. The van der Waals surface area contributed by atoms with E-state index in [1.165, 1.54) is 6.20 Å². The zero-order valence-electron chi connectivity index (χ0n) is 28.0. The molecule has 0 unspecified atom stereocenters. The van der Waals surface area contributed by atoms with Gasteiger partial charge in [-0.2, -0.15) is 0 Å². The van der Waals surface area contributed by atoms with Gasteiger partial charge in [-0.25, -0.2) is 19.2 Å². The molecule has 1 aromatic carbocycles. The second kappa shape index (κ2) is 14.0. The first-order valence-electron chi connectivity index (χ1n) is 17.3. The van der Waals surface area contributed by atoms with Crippen LogP contribution in [-0.2, 0) is 38.6 Å². The van der Waals surface area contributed by atoms with Crippen LogP contribution >= 0.6 is 0 Å². The predicted octanol–water partition coefficient (Wildman–Crippen LogP) is 4.37. The smallest absolute Gasteiger partial charge is 0.407 e. The molecule has 2 amide bonds. The number of halogens is 1. The molecule has 5 aliphatic rings. The fourth-order valence-corrected chi connectivity index (χ4v) is 7.15. The van der Waals surface area contributed by atoms with Crippen molar-refractivity contribution in [3.8, 4) is 11.6 Å². The highest BCUT2D eigenvalue weighted by atomic mass is 19.1. The lowest BCUT2D eigenvalue weighted by atomic mass is 9.69. The van der Waals surface area contributed by atoms with Gasteiger partial charge in [-0.05, 0) is 62.3 Å². The average Bonchev–Trinajstić information content (AvgIpc) is 3.15. The van der Waals surface area contributed by atoms with E-state index in [1.807, 2.05) is 42.5 Å². The number of hydrogen-bond acceptors (Lipinski definition) is 11. The number of carbonyl (C=O) groups excluding carboxylic acids is 2. The summed E-state index contributed by atoms with van der Waals surface area (Å²) in [6.07, 6.45) is 5.00. The van der Waals surface area contributed by atoms with Crippen molar-refractivity contribution in [2.24, 2.45) is 0 Å². The molecule has 3 saturated heterocycles. The summed E-state index contributed by atoms with van der Waals surface area (Å²) >= 11 is 0. The van der Waals surface area contributed by atoms with Gasteiger partial charge in [0.25, 0.3) is 5.91 Å². The molecule has 14 heteroatoms. The molecule has 4 aromatic rings. The lowest BCUT2D eigenvalue weighted by Crippen LogP contribution is -2.61. The third kappa shape index (κ3) is 7.30. The molecule has 3 N–H and O–H groups in total. The Morgan fingerprint density at radius 1 is 1.06 bits per heavy atom. The molecule has 51 heavy (non-hydrogen) atoms. The van der Waals surface area contributed by atoms with Crippen LogP contribution < -0.4 is 25.4 Å². The molecule has 2 bridgehead atoms. The van der Waals surface area contributed by atoms with Crippen LogP contribution in [0.2, 0.25) is 0 Å². The zero-order chi connectivity index (χ0) is 34.8. The maximum Gasteiger partial charge on any atom is 0.407 e. The van der Waals surface area contributed by atoms with Gasteiger partial charge in [0.2, 0.25) is 5.88 Å². The lowest BCUT2D eigenvalue weighted by Gasteiger charge is -2.53. The highest BCUT2D eigenvalue weighted by Gasteiger charge is 2.49. The predicted molar refractivity (Wildman–Crippen MR) is 182 cm³/mol. The van der Waals surface area contributed by atoms with E-state index in [1.54, 1.807) is 12.1 Å². The number of benzene rings is 1. The quantitative estimate of drug-likeness (QED) is 0.193. The van der Waals surface area contributed by atoms with Gasteiger partial charge in [0.1, 0.15) is 25.1 Å². The van der Waals surface area contributed by atoms with Crippen molar-refractivity contribution in [2.75, 3.05) is 31.7 Å². The van der Waals surface area contributed by atoms with Crippen LogP contribution in [0.5, 0.6) is 11.6 Å². The first kappa shape index (κ1) is 33.2. The summed E-state index contributed by atoms with van der Waals surface area (Å²) in [4.78, 5) is 37.5. The number of rotatable bonds is 12. The normalized spacial score (nSPS) is 24.9. The van der Waals surface area contributed by atoms with Gasteiger partial charge in [0.15, 0.2) is 18.2 Å². The molecule has 3 aromatic heterocycles. The van der Waals surface area contributed by atoms with Crippen molar-refractivity contribution in [3.63, 3.8) is 0 Å². The maximum absolute atomic E-state index is 15.3. The molecule has 9 rings (SSSR count). The van der Waals surface area contributed by atoms with E-state index in [-0.39, 0.29) is 49.0 Å². The van der Waals surface area contributed by atoms with Crippen LogP contribution in [0.1, 0.15) is 48.9 Å². The first-order chi connectivity index (χ1) is 24.8. The summed E-state index contributed by atoms with van der Waals surface area (Å²) in [7, 11) is 0. The van der Waals surface area contributed by atoms with Crippen molar-refractivity contribution in [1.82, 2.24) is 25.6 Å². The van der Waals surface area contributed by atoms with Crippen molar-refractivity contribution in [1.29, 1.82) is 0 Å². The number of pyridine rings is 3. The summed E-state index contributed by atoms with van der Waals surface area (Å²) in [5.74, 6) is 0.713. The van der Waals surface area contributed by atoms with E-state index in [0.717, 1.165) is 36.9 Å². The number of nitrogens with zero attached hydrogens (tertiary/aromatic N) is 3. The molecule has 4 fully saturated rings. The van der Waals surface area contributed by atoms with Crippen LogP contribution in [0.3, 0.4) is 0 Å². The molecule has 2 atom stereocenters. The number of ether oxygens (including phenoxy) is 5. The monoisotopic (exact) mass is 698 g/mol. The fourth-order valence-electron chi connectivity index (χ4n) is 7.15. The van der Waals surface area contributed by atoms with Gasteiger partial charge >= 0.3 is 6.09 Å². The van der Waals surface area contributed by atoms with Gasteiger partial charge in [-0.1, -0.05) is 30.3 Å². The number of alkyl carbamates (subject to hydrolysis) is 1. The summed E-state index contributed by atoms with van der Waals surface area (Å²) in [6, 6.07) is 16.4. The summed E-state index contributed by atoms with van der Waals surface area (Å²) in [5, 5.41) is 9.26. The molecule has 1 aliphatic carbocycles. The Hall–Kier alpha value is -4.92. The van der Waals surface area contributed by atoms with Gasteiger partial charge in [0, 0.05) is 23.7 Å². The number of fused-ring (bicyclic) bond motifs is 5. The molecule has 0 spiro atoms. The molecule has 4 aliphatic heterocycles. The lowest BCUT2D eigenvalue weighted by molar-refractivity contribution is -0.165. The van der Waals surface area contributed by atoms with Gasteiger partial charge in [-0.15, -0.1) is 0 Å². The maximum atomic E-state index is 15.3. The number of amides is 2. The molecule has 266 valence electrons. The van der Waals surface area contributed by atoms with E-state index in [9.17, 15) is 9.59 Å². The van der Waals surface area contributed by atoms with Crippen LogP contribution in [0.15, 0.2) is 60.8 Å². The summed E-state index contributed by atoms with van der Waals surface area (Å²) in [6.45, 7) is 1.77. The second-order valence-electron chi connectivity index (χ2n) is 13.7. The molecule has 7 heterocycles. The third-order valence-corrected chi connectivity index (χ3v) is 10.4. The number of aryl methyl sites for hydroxylation is 1. The highest BCUT2D eigenvalue weighted by molar-refractivity contribution is 5.94. The zero-order valence-corrected chi connectivity index (χ0v) is 28.0. The minimum atomic E-state index is -0.524. The van der Waals surface area contributed by atoms with Gasteiger partial charge in [-0.3, -0.25) is 9.78 Å². The Kier molecular flexibility index (Phi) is 9.13. The standard InChI is InChI=1S/C37H39FN6O7/c38-26-17-39-27-7-9-32(49-20-30-28(19-47-30)42-35(46)50-18-23-4-2-1-3-5-23)44-33(27)25(26)10-11-37-14-12-36(13-15-37,22-51-37)40-16-24-6-8-29-34(41-24)43-31(45)21-48-29/h1-9,17,28,30,40H,10-16,18-22H2,(H,42,46)(H,41,43,45)/t28-,30-,36?,37?/m0/s1. The number of nitrogens with one attached hydrogen (secondary N) is 3. The minimum Gasteiger partial charge on any atom is -0.480 e. The Balaban J connectivity index is 0.844. The molecule has 1 saturated carbocycles. The Labute approximate surface area is 293 Å². The largest absolute Gasteiger partial charge is 0.480 e. The van der Waals surface area contributed by atoms with Gasteiger partial charge in [0.05, 0.1) is 47.8 Å². The first-order valence-corrected chi connectivity index (χ1v) is 17.3. The van der Waals surface area contributed by atoms with Crippen LogP contribution in [-0.4, -0.2) is 76.7 Å². The third-order valence-electron chi connectivity index (χ3n) is 10.4. The highest BCUT2D eigenvalue weighted by Crippen LogP contribution is 2.46. The van der Waals surface area contributed by atoms with E-state index in [2.05, 4.69) is 30.9 Å². The van der Waals surface area contributed by atoms with Crippen LogP contribution in [0.4, 0.5) is 15.0 Å². The average molecular weight is 699 g/mol. The Bertz CT molecular complexity index is 1910. The fraction of sp³-hybridized carbons (Fsp3) is 0.432. The Morgan fingerprint density at radius 3 is 2.71 bits per heavy atom. The minimum absolute atomic E-state index is 0.00252.